The lowest BCUT2D eigenvalue weighted by Crippen LogP contribution is -2.27. The standard InChI is InChI=1S/C26H18ClI2NO5S/c1-2-34-21-12-16(11-20(29)23(21)35-25(32)17-5-7-18(27)8-6-17)13-22-24(31)30(26(33)36-22)14-15-3-9-19(28)10-4-15/h3-13H,2,14H2,1H3/b22-13-. The summed E-state index contributed by atoms with van der Waals surface area (Å²) in [6, 6.07) is 17.5. The van der Waals surface area contributed by atoms with E-state index in [1.54, 1.807) is 42.5 Å². The van der Waals surface area contributed by atoms with Gasteiger partial charge in [0.15, 0.2) is 11.5 Å². The number of imide groups is 1. The van der Waals surface area contributed by atoms with E-state index in [4.69, 9.17) is 21.1 Å². The van der Waals surface area contributed by atoms with Gasteiger partial charge in [-0.3, -0.25) is 14.5 Å². The van der Waals surface area contributed by atoms with Gasteiger partial charge in [0, 0.05) is 8.59 Å². The molecule has 0 saturated carbocycles. The number of hydrogen-bond donors (Lipinski definition) is 0. The van der Waals surface area contributed by atoms with Crippen LogP contribution in [0.1, 0.15) is 28.4 Å². The molecule has 0 aliphatic carbocycles. The first-order chi connectivity index (χ1) is 17.2. The largest absolute Gasteiger partial charge is 0.490 e. The number of carbonyl (C=O) groups is 3. The van der Waals surface area contributed by atoms with Gasteiger partial charge in [0.05, 0.1) is 27.2 Å². The van der Waals surface area contributed by atoms with Crippen molar-refractivity contribution in [3.63, 3.8) is 0 Å². The van der Waals surface area contributed by atoms with Crippen LogP contribution in [0.2, 0.25) is 5.02 Å². The molecule has 6 nitrogen and oxygen atoms in total. The molecule has 0 atom stereocenters. The Morgan fingerprint density at radius 3 is 2.42 bits per heavy atom. The Balaban J connectivity index is 1.57. The second-order valence-electron chi connectivity index (χ2n) is 7.55. The van der Waals surface area contributed by atoms with Gasteiger partial charge in [-0.1, -0.05) is 23.7 Å². The van der Waals surface area contributed by atoms with Crippen LogP contribution in [0.3, 0.4) is 0 Å². The maximum Gasteiger partial charge on any atom is 0.343 e. The van der Waals surface area contributed by atoms with E-state index >= 15 is 0 Å². The van der Waals surface area contributed by atoms with E-state index in [9.17, 15) is 14.4 Å². The number of nitrogens with zero attached hydrogens (tertiary/aromatic N) is 1. The quantitative estimate of drug-likeness (QED) is 0.109. The summed E-state index contributed by atoms with van der Waals surface area (Å²) in [5.41, 5.74) is 1.87. The number of halogens is 3. The zero-order valence-electron chi connectivity index (χ0n) is 18.8. The van der Waals surface area contributed by atoms with Gasteiger partial charge in [0.1, 0.15) is 0 Å². The van der Waals surface area contributed by atoms with Crippen molar-refractivity contribution in [3.05, 3.63) is 94.4 Å². The molecule has 3 aromatic carbocycles. The molecule has 0 N–H and O–H groups in total. The minimum Gasteiger partial charge on any atom is -0.490 e. The van der Waals surface area contributed by atoms with E-state index in [0.717, 1.165) is 20.9 Å². The number of esters is 1. The molecule has 1 aliphatic rings. The molecule has 0 bridgehead atoms. The van der Waals surface area contributed by atoms with Crippen LogP contribution >= 0.6 is 68.5 Å². The van der Waals surface area contributed by atoms with E-state index in [1.807, 2.05) is 53.8 Å². The van der Waals surface area contributed by atoms with Gasteiger partial charge in [-0.05, 0) is 130 Å². The molecule has 10 heteroatoms. The maximum atomic E-state index is 13.0. The lowest BCUT2D eigenvalue weighted by Gasteiger charge is -2.14. The summed E-state index contributed by atoms with van der Waals surface area (Å²) in [6.45, 7) is 2.37. The molecular formula is C26H18ClI2NO5S. The monoisotopic (exact) mass is 745 g/mol. The van der Waals surface area contributed by atoms with E-state index in [2.05, 4.69) is 22.6 Å². The highest BCUT2D eigenvalue weighted by molar-refractivity contribution is 14.1. The highest BCUT2D eigenvalue weighted by Gasteiger charge is 2.35. The molecule has 3 aromatic rings. The third-order valence-electron chi connectivity index (χ3n) is 5.03. The van der Waals surface area contributed by atoms with Crippen molar-refractivity contribution < 1.29 is 23.9 Å². The van der Waals surface area contributed by atoms with Crippen LogP contribution in [0.25, 0.3) is 6.08 Å². The Labute approximate surface area is 244 Å². The highest BCUT2D eigenvalue weighted by atomic mass is 127. The van der Waals surface area contributed by atoms with Crippen molar-refractivity contribution in [2.75, 3.05) is 6.61 Å². The van der Waals surface area contributed by atoms with Crippen LogP contribution in [0.4, 0.5) is 4.79 Å². The van der Waals surface area contributed by atoms with Gasteiger partial charge in [0.25, 0.3) is 11.1 Å². The Hall–Kier alpha value is -2.09. The van der Waals surface area contributed by atoms with Crippen molar-refractivity contribution in [1.82, 2.24) is 4.90 Å². The maximum absolute atomic E-state index is 13.0. The molecule has 0 unspecified atom stereocenters. The predicted octanol–water partition coefficient (Wildman–Crippen LogP) is 7.40. The van der Waals surface area contributed by atoms with E-state index in [1.165, 1.54) is 4.90 Å². The first-order valence-corrected chi connectivity index (χ1v) is 14.0. The van der Waals surface area contributed by atoms with Crippen molar-refractivity contribution in [2.24, 2.45) is 0 Å². The number of amides is 2. The second-order valence-corrected chi connectivity index (χ2v) is 11.4. The predicted molar refractivity (Wildman–Crippen MR) is 157 cm³/mol. The minimum atomic E-state index is -0.546. The van der Waals surface area contributed by atoms with Gasteiger partial charge in [-0.2, -0.15) is 0 Å². The fourth-order valence-electron chi connectivity index (χ4n) is 3.33. The summed E-state index contributed by atoms with van der Waals surface area (Å²) in [5, 5.41) is 0.196. The van der Waals surface area contributed by atoms with E-state index in [-0.39, 0.29) is 23.4 Å². The van der Waals surface area contributed by atoms with Crippen LogP contribution in [0.15, 0.2) is 65.6 Å². The molecular weight excluding hydrogens is 728 g/mol. The fraction of sp³-hybridized carbons (Fsp3) is 0.115. The molecule has 1 aliphatic heterocycles. The third-order valence-corrected chi connectivity index (χ3v) is 7.71. The molecule has 0 aromatic heterocycles. The highest BCUT2D eigenvalue weighted by Crippen LogP contribution is 2.38. The normalized spacial score (nSPS) is 14.4. The topological polar surface area (TPSA) is 72.9 Å². The number of hydrogen-bond acceptors (Lipinski definition) is 6. The van der Waals surface area contributed by atoms with E-state index in [0.29, 0.717) is 37.0 Å². The lowest BCUT2D eigenvalue weighted by molar-refractivity contribution is -0.123. The van der Waals surface area contributed by atoms with Gasteiger partial charge in [0.2, 0.25) is 0 Å². The van der Waals surface area contributed by atoms with Crippen molar-refractivity contribution in [2.45, 2.75) is 13.5 Å². The average Bonchev–Trinajstić information content (AvgIpc) is 3.10. The number of ether oxygens (including phenoxy) is 2. The third kappa shape index (κ3) is 6.42. The molecule has 184 valence electrons. The van der Waals surface area contributed by atoms with Crippen LogP contribution in [-0.4, -0.2) is 28.6 Å². The smallest absolute Gasteiger partial charge is 0.343 e. The zero-order valence-corrected chi connectivity index (χ0v) is 24.7. The Morgan fingerprint density at radius 1 is 1.06 bits per heavy atom. The van der Waals surface area contributed by atoms with Gasteiger partial charge < -0.3 is 9.47 Å². The summed E-state index contributed by atoms with van der Waals surface area (Å²) in [6.07, 6.45) is 1.65. The first-order valence-electron chi connectivity index (χ1n) is 10.7. The Kier molecular flexibility index (Phi) is 8.96. The SMILES string of the molecule is CCOc1cc(/C=C2\SC(=O)N(Cc3ccc(I)cc3)C2=O)cc(I)c1OC(=O)c1ccc(Cl)cc1. The molecule has 1 saturated heterocycles. The van der Waals surface area contributed by atoms with E-state index < -0.39 is 5.97 Å². The van der Waals surface area contributed by atoms with Crippen LogP contribution in [0.5, 0.6) is 11.5 Å². The molecule has 1 fully saturated rings. The summed E-state index contributed by atoms with van der Waals surface area (Å²) < 4.78 is 13.1. The number of rotatable bonds is 7. The van der Waals surface area contributed by atoms with Gasteiger partial charge in [-0.15, -0.1) is 0 Å². The van der Waals surface area contributed by atoms with Gasteiger partial charge >= 0.3 is 5.97 Å². The summed E-state index contributed by atoms with van der Waals surface area (Å²) in [4.78, 5) is 39.7. The summed E-state index contributed by atoms with van der Waals surface area (Å²) in [5.74, 6) is -0.262. The molecule has 1 heterocycles. The van der Waals surface area contributed by atoms with Crippen LogP contribution in [-0.2, 0) is 11.3 Å². The fourth-order valence-corrected chi connectivity index (χ4v) is 5.39. The lowest BCUT2D eigenvalue weighted by atomic mass is 10.1. The summed E-state index contributed by atoms with van der Waals surface area (Å²) >= 11 is 11.1. The van der Waals surface area contributed by atoms with Crippen LogP contribution in [0, 0.1) is 7.14 Å². The average molecular weight is 746 g/mol. The minimum absolute atomic E-state index is 0.209. The number of carbonyl (C=O) groups excluding carboxylic acids is 3. The molecule has 0 spiro atoms. The molecule has 0 radical (unpaired) electrons. The van der Waals surface area contributed by atoms with Crippen molar-refractivity contribution in [1.29, 1.82) is 0 Å². The number of thioether (sulfide) groups is 1. The number of benzene rings is 3. The Morgan fingerprint density at radius 2 is 1.75 bits per heavy atom. The molecule has 4 rings (SSSR count). The van der Waals surface area contributed by atoms with Crippen molar-refractivity contribution >= 4 is 91.7 Å². The van der Waals surface area contributed by atoms with Gasteiger partial charge in [-0.25, -0.2) is 4.79 Å². The Bertz CT molecular complexity index is 1360. The van der Waals surface area contributed by atoms with Crippen LogP contribution < -0.4 is 9.47 Å². The zero-order chi connectivity index (χ0) is 25.8. The van der Waals surface area contributed by atoms with Crippen molar-refractivity contribution in [3.8, 4) is 11.5 Å². The first kappa shape index (κ1) is 27.0. The summed E-state index contributed by atoms with van der Waals surface area (Å²) in [7, 11) is 0. The second kappa shape index (κ2) is 12.0. The molecule has 2 amide bonds. The molecule has 36 heavy (non-hydrogen) atoms.